The lowest BCUT2D eigenvalue weighted by Crippen LogP contribution is -2.22. The van der Waals surface area contributed by atoms with E-state index in [2.05, 4.69) is 0 Å². The van der Waals surface area contributed by atoms with Crippen molar-refractivity contribution >= 4 is 23.8 Å². The highest BCUT2D eigenvalue weighted by Gasteiger charge is 2.28. The first-order chi connectivity index (χ1) is 8.95. The molecule has 19 heavy (non-hydrogen) atoms. The van der Waals surface area contributed by atoms with Gasteiger partial charge in [-0.15, -0.1) is 11.6 Å². The molecule has 0 bridgehead atoms. The molecule has 3 nitrogen and oxygen atoms in total. The molecule has 0 radical (unpaired) electrons. The van der Waals surface area contributed by atoms with Gasteiger partial charge < -0.3 is 4.79 Å². The zero-order chi connectivity index (χ0) is 14.0. The molecule has 0 aliphatic heterocycles. The Balaban J connectivity index is 2.59. The number of benzene rings is 1. The van der Waals surface area contributed by atoms with E-state index in [9.17, 15) is 9.59 Å². The molecule has 1 unspecified atom stereocenters. The molecule has 0 N–H and O–H groups in total. The molecule has 4 heteroatoms. The lowest BCUT2D eigenvalue weighted by Gasteiger charge is -2.15. The predicted molar refractivity (Wildman–Crippen MR) is 75.4 cm³/mol. The number of aldehydes is 1. The third-order valence-corrected chi connectivity index (χ3v) is 3.27. The molecule has 1 aromatic carbocycles. The number of halogens is 1. The average molecular weight is 276 g/mol. The summed E-state index contributed by atoms with van der Waals surface area (Å²) in [5.41, 5.74) is 2.32. The van der Waals surface area contributed by atoms with Gasteiger partial charge in [-0.3, -0.25) is 9.36 Å². The van der Waals surface area contributed by atoms with Gasteiger partial charge >= 0.3 is 0 Å². The van der Waals surface area contributed by atoms with Crippen LogP contribution in [-0.4, -0.2) is 16.8 Å². The molecule has 98 valence electrons. The maximum atomic E-state index is 11.7. The van der Waals surface area contributed by atoms with Crippen molar-refractivity contribution in [2.45, 2.75) is 18.7 Å². The highest BCUT2D eigenvalue weighted by atomic mass is 35.5. The second-order valence-electron chi connectivity index (χ2n) is 4.56. The van der Waals surface area contributed by atoms with Crippen molar-refractivity contribution in [1.29, 1.82) is 0 Å². The van der Waals surface area contributed by atoms with Gasteiger partial charge in [0.1, 0.15) is 11.2 Å². The minimum Gasteiger partial charge on any atom is -0.301 e. The second kappa shape index (κ2) is 5.02. The van der Waals surface area contributed by atoms with E-state index in [1.807, 2.05) is 30.3 Å². The minimum absolute atomic E-state index is 0.175. The van der Waals surface area contributed by atoms with E-state index >= 15 is 0 Å². The Morgan fingerprint density at radius 3 is 2.42 bits per heavy atom. The Bertz CT molecular complexity index is 614. The van der Waals surface area contributed by atoms with Crippen LogP contribution in [0.5, 0.6) is 0 Å². The monoisotopic (exact) mass is 275 g/mol. The van der Waals surface area contributed by atoms with Gasteiger partial charge in [-0.05, 0) is 18.6 Å². The molecule has 0 amide bonds. The molecule has 0 spiro atoms. The van der Waals surface area contributed by atoms with Crippen LogP contribution in [0.15, 0.2) is 42.6 Å². The van der Waals surface area contributed by atoms with Crippen LogP contribution in [0, 0.1) is 0 Å². The van der Waals surface area contributed by atoms with Gasteiger partial charge in [0.2, 0.25) is 5.91 Å². The van der Waals surface area contributed by atoms with Crippen molar-refractivity contribution in [3.63, 3.8) is 0 Å². The summed E-state index contributed by atoms with van der Waals surface area (Å²) in [6.45, 7) is 3.02. The number of nitrogens with zero attached hydrogens (tertiary/aromatic N) is 1. The molecule has 0 saturated carbocycles. The summed E-state index contributed by atoms with van der Waals surface area (Å²) in [6.07, 6.45) is 2.34. The second-order valence-corrected chi connectivity index (χ2v) is 5.35. The van der Waals surface area contributed by atoms with Crippen LogP contribution in [0.4, 0.5) is 0 Å². The zero-order valence-electron chi connectivity index (χ0n) is 10.8. The molecule has 0 aliphatic carbocycles. The first kappa shape index (κ1) is 13.6. The van der Waals surface area contributed by atoms with E-state index in [0.717, 1.165) is 11.1 Å². The van der Waals surface area contributed by atoms with Gasteiger partial charge in [0.25, 0.3) is 0 Å². The normalized spacial score (nSPS) is 13.8. The summed E-state index contributed by atoms with van der Waals surface area (Å²) >= 11 is 6.15. The van der Waals surface area contributed by atoms with Gasteiger partial charge in [-0.25, -0.2) is 0 Å². The molecule has 0 fully saturated rings. The quantitative estimate of drug-likeness (QED) is 0.635. The lowest BCUT2D eigenvalue weighted by molar-refractivity contribution is -0.109. The Morgan fingerprint density at radius 2 is 1.89 bits per heavy atom. The number of hydrogen-bond donors (Lipinski definition) is 0. The molecular weight excluding hydrogens is 262 g/mol. The van der Waals surface area contributed by atoms with Gasteiger partial charge in [0, 0.05) is 18.7 Å². The third kappa shape index (κ3) is 2.61. The number of aromatic nitrogens is 1. The molecule has 1 heterocycles. The molecule has 1 atom stereocenters. The van der Waals surface area contributed by atoms with Crippen molar-refractivity contribution in [1.82, 2.24) is 4.57 Å². The van der Waals surface area contributed by atoms with E-state index in [0.29, 0.717) is 12.0 Å². The first-order valence-electron chi connectivity index (χ1n) is 5.90. The van der Waals surface area contributed by atoms with E-state index in [-0.39, 0.29) is 5.91 Å². The Kier molecular flexibility index (Phi) is 3.58. The highest BCUT2D eigenvalue weighted by Crippen LogP contribution is 2.31. The smallest absolute Gasteiger partial charge is 0.227 e. The third-order valence-electron chi connectivity index (χ3n) is 2.99. The lowest BCUT2D eigenvalue weighted by atomic mass is 10.1. The molecule has 2 rings (SSSR count). The summed E-state index contributed by atoms with van der Waals surface area (Å²) in [5.74, 6) is -0.175. The summed E-state index contributed by atoms with van der Waals surface area (Å²) in [4.78, 5) is 21.5. The van der Waals surface area contributed by atoms with Crippen LogP contribution in [0.1, 0.15) is 24.3 Å². The van der Waals surface area contributed by atoms with E-state index in [1.165, 1.54) is 11.5 Å². The van der Waals surface area contributed by atoms with Crippen LogP contribution in [0.25, 0.3) is 11.1 Å². The minimum atomic E-state index is -1.21. The fourth-order valence-electron chi connectivity index (χ4n) is 1.95. The van der Waals surface area contributed by atoms with Gasteiger partial charge in [-0.2, -0.15) is 0 Å². The highest BCUT2D eigenvalue weighted by molar-refractivity contribution is 6.31. The Labute approximate surface area is 116 Å². The molecular formula is C15H14ClNO2. The largest absolute Gasteiger partial charge is 0.301 e. The van der Waals surface area contributed by atoms with Crippen LogP contribution in [0.3, 0.4) is 0 Å². The molecule has 0 aliphatic rings. The molecule has 0 saturated heterocycles. The van der Waals surface area contributed by atoms with E-state index in [4.69, 9.17) is 11.6 Å². The fraction of sp³-hybridized carbons (Fsp3) is 0.200. The van der Waals surface area contributed by atoms with E-state index in [1.54, 1.807) is 19.2 Å². The maximum Gasteiger partial charge on any atom is 0.227 e. The average Bonchev–Trinajstić information content (AvgIpc) is 2.86. The SMILES string of the molecule is CC(=O)n1cc(-c2ccccc2)cc1C(C)(Cl)C=O. The fourth-order valence-corrected chi connectivity index (χ4v) is 2.09. The van der Waals surface area contributed by atoms with Crippen LogP contribution in [0.2, 0.25) is 0 Å². The van der Waals surface area contributed by atoms with Crippen LogP contribution in [-0.2, 0) is 9.67 Å². The van der Waals surface area contributed by atoms with Crippen LogP contribution < -0.4 is 0 Å². The van der Waals surface area contributed by atoms with Crippen molar-refractivity contribution in [3.8, 4) is 11.1 Å². The summed E-state index contributed by atoms with van der Waals surface area (Å²) in [6, 6.07) is 11.4. The van der Waals surface area contributed by atoms with Crippen molar-refractivity contribution < 1.29 is 9.59 Å². The predicted octanol–water partition coefficient (Wildman–Crippen LogP) is 3.47. The standard InChI is InChI=1S/C15H14ClNO2/c1-11(19)17-9-13(12-6-4-3-5-7-12)8-14(17)15(2,16)10-18/h3-10H,1-2H3. The number of hydrogen-bond acceptors (Lipinski definition) is 2. The van der Waals surface area contributed by atoms with Gasteiger partial charge in [-0.1, -0.05) is 30.3 Å². The molecule has 2 aromatic rings. The van der Waals surface area contributed by atoms with Crippen molar-refractivity contribution in [2.24, 2.45) is 0 Å². The Hall–Kier alpha value is -1.87. The number of carbonyl (C=O) groups is 2. The maximum absolute atomic E-state index is 11.7. The topological polar surface area (TPSA) is 39.1 Å². The van der Waals surface area contributed by atoms with Crippen molar-refractivity contribution in [2.75, 3.05) is 0 Å². The van der Waals surface area contributed by atoms with Crippen LogP contribution >= 0.6 is 11.6 Å². The van der Waals surface area contributed by atoms with E-state index < -0.39 is 4.87 Å². The molecule has 1 aromatic heterocycles. The first-order valence-corrected chi connectivity index (χ1v) is 6.28. The van der Waals surface area contributed by atoms with Gasteiger partial charge in [0.15, 0.2) is 0 Å². The zero-order valence-corrected chi connectivity index (χ0v) is 11.5. The Morgan fingerprint density at radius 1 is 1.26 bits per heavy atom. The summed E-state index contributed by atoms with van der Waals surface area (Å²) in [5, 5.41) is 0. The number of alkyl halides is 1. The summed E-state index contributed by atoms with van der Waals surface area (Å²) < 4.78 is 1.42. The number of rotatable bonds is 3. The van der Waals surface area contributed by atoms with Crippen molar-refractivity contribution in [3.05, 3.63) is 48.3 Å². The van der Waals surface area contributed by atoms with Gasteiger partial charge in [0.05, 0.1) is 5.69 Å². The summed E-state index contributed by atoms with van der Waals surface area (Å²) in [7, 11) is 0. The number of carbonyl (C=O) groups excluding carboxylic acids is 2.